The number of rotatable bonds is 4. The molecule has 0 saturated carbocycles. The van der Waals surface area contributed by atoms with Gasteiger partial charge in [0.15, 0.2) is 4.77 Å². The minimum Gasteiger partial charge on any atom is -0.307 e. The third-order valence-electron chi connectivity index (χ3n) is 3.05. The molecule has 0 spiro atoms. The minimum atomic E-state index is -0.399. The summed E-state index contributed by atoms with van der Waals surface area (Å²) >= 11 is 5.02. The number of hydrogen-bond donors (Lipinski definition) is 1. The lowest BCUT2D eigenvalue weighted by atomic mass is 10.3. The minimum absolute atomic E-state index is 0.0790. The van der Waals surface area contributed by atoms with Gasteiger partial charge in [-0.25, -0.2) is 0 Å². The first kappa shape index (κ1) is 13.4. The van der Waals surface area contributed by atoms with Crippen LogP contribution in [0.25, 0.3) is 0 Å². The van der Waals surface area contributed by atoms with E-state index < -0.39 is 4.92 Å². The lowest BCUT2D eigenvalue weighted by Gasteiger charge is -2.03. The molecule has 0 atom stereocenters. The molecule has 102 valence electrons. The van der Waals surface area contributed by atoms with Crippen molar-refractivity contribution in [1.82, 2.24) is 24.5 Å². The first-order valence-corrected chi connectivity index (χ1v) is 6.11. The molecule has 0 aromatic carbocycles. The topological polar surface area (TPSA) is 94.6 Å². The quantitative estimate of drug-likeness (QED) is 0.520. The molecular weight excluding hydrogens is 268 g/mol. The van der Waals surface area contributed by atoms with E-state index in [2.05, 4.69) is 15.3 Å². The van der Waals surface area contributed by atoms with Crippen LogP contribution in [0.4, 0.5) is 5.69 Å². The van der Waals surface area contributed by atoms with Crippen LogP contribution >= 0.6 is 12.2 Å². The number of hydrogen-bond acceptors (Lipinski definition) is 5. The second-order valence-electron chi connectivity index (χ2n) is 4.25. The highest BCUT2D eigenvalue weighted by atomic mass is 32.1. The van der Waals surface area contributed by atoms with Crippen LogP contribution in [-0.2, 0) is 20.0 Å². The Morgan fingerprint density at radius 1 is 1.47 bits per heavy atom. The molecule has 2 heterocycles. The van der Waals surface area contributed by atoms with Crippen molar-refractivity contribution in [3.8, 4) is 0 Å². The lowest BCUT2D eigenvalue weighted by Crippen LogP contribution is -2.09. The van der Waals surface area contributed by atoms with Gasteiger partial charge in [-0.05, 0) is 26.1 Å². The maximum absolute atomic E-state index is 10.9. The summed E-state index contributed by atoms with van der Waals surface area (Å²) in [5, 5.41) is 21.9. The van der Waals surface area contributed by atoms with E-state index in [1.807, 2.05) is 7.05 Å². The Morgan fingerprint density at radius 2 is 2.16 bits per heavy atom. The van der Waals surface area contributed by atoms with Gasteiger partial charge in [0.05, 0.1) is 4.92 Å². The SMILES string of the molecule is Cc1nn(CCc2n[nH]c(=S)n2C)c(C)c1[N+](=O)[O-]. The largest absolute Gasteiger partial charge is 0.312 e. The number of nitro groups is 1. The highest BCUT2D eigenvalue weighted by Crippen LogP contribution is 2.21. The Bertz CT molecular complexity index is 683. The van der Waals surface area contributed by atoms with Gasteiger partial charge in [-0.3, -0.25) is 19.9 Å². The zero-order chi connectivity index (χ0) is 14.2. The summed E-state index contributed by atoms with van der Waals surface area (Å²) in [5.41, 5.74) is 1.06. The molecule has 0 fully saturated rings. The molecule has 0 unspecified atom stereocenters. The normalized spacial score (nSPS) is 10.9. The van der Waals surface area contributed by atoms with Crippen molar-refractivity contribution in [3.05, 3.63) is 32.1 Å². The van der Waals surface area contributed by atoms with Crippen molar-refractivity contribution in [3.63, 3.8) is 0 Å². The molecule has 19 heavy (non-hydrogen) atoms. The number of aryl methyl sites for hydroxylation is 3. The zero-order valence-electron chi connectivity index (χ0n) is 10.9. The number of aromatic nitrogens is 5. The number of aromatic amines is 1. The monoisotopic (exact) mass is 282 g/mol. The molecule has 0 aliphatic heterocycles. The third kappa shape index (κ3) is 2.41. The first-order chi connectivity index (χ1) is 8.91. The van der Waals surface area contributed by atoms with Crippen LogP contribution in [0.2, 0.25) is 0 Å². The highest BCUT2D eigenvalue weighted by Gasteiger charge is 2.21. The Labute approximate surface area is 114 Å². The number of nitrogens with one attached hydrogen (secondary N) is 1. The molecule has 2 aromatic rings. The van der Waals surface area contributed by atoms with Crippen molar-refractivity contribution < 1.29 is 4.92 Å². The van der Waals surface area contributed by atoms with E-state index in [1.165, 1.54) is 0 Å². The zero-order valence-corrected chi connectivity index (χ0v) is 11.7. The summed E-state index contributed by atoms with van der Waals surface area (Å²) in [6, 6.07) is 0. The molecule has 0 amide bonds. The molecule has 2 aromatic heterocycles. The summed E-state index contributed by atoms with van der Waals surface area (Å²) in [6.07, 6.45) is 0.600. The van der Waals surface area contributed by atoms with E-state index in [0.717, 1.165) is 5.82 Å². The summed E-state index contributed by atoms with van der Waals surface area (Å²) in [7, 11) is 1.82. The number of nitrogens with zero attached hydrogens (tertiary/aromatic N) is 5. The Balaban J connectivity index is 2.21. The fraction of sp³-hybridized carbons (Fsp3) is 0.500. The van der Waals surface area contributed by atoms with Crippen LogP contribution in [-0.4, -0.2) is 29.5 Å². The van der Waals surface area contributed by atoms with Crippen LogP contribution in [0.15, 0.2) is 0 Å². The van der Waals surface area contributed by atoms with Gasteiger partial charge in [0.25, 0.3) is 0 Å². The average molecular weight is 282 g/mol. The van der Waals surface area contributed by atoms with Crippen LogP contribution in [0, 0.1) is 28.7 Å². The van der Waals surface area contributed by atoms with Gasteiger partial charge < -0.3 is 4.57 Å². The molecule has 0 aliphatic carbocycles. The third-order valence-corrected chi connectivity index (χ3v) is 3.41. The van der Waals surface area contributed by atoms with Crippen LogP contribution in [0.5, 0.6) is 0 Å². The maximum atomic E-state index is 10.9. The second kappa shape index (κ2) is 4.92. The molecule has 2 rings (SSSR count). The van der Waals surface area contributed by atoms with Gasteiger partial charge in [0.1, 0.15) is 17.2 Å². The fourth-order valence-corrected chi connectivity index (χ4v) is 2.13. The van der Waals surface area contributed by atoms with E-state index in [1.54, 1.807) is 23.1 Å². The van der Waals surface area contributed by atoms with Gasteiger partial charge >= 0.3 is 5.69 Å². The predicted octanol–water partition coefficient (Wildman–Crippen LogP) is 1.44. The molecule has 9 heteroatoms. The summed E-state index contributed by atoms with van der Waals surface area (Å²) in [5.74, 6) is 0.792. The van der Waals surface area contributed by atoms with E-state index >= 15 is 0 Å². The van der Waals surface area contributed by atoms with Crippen molar-refractivity contribution in [2.24, 2.45) is 7.05 Å². The standard InChI is InChI=1S/C10H14N6O2S/c1-6-9(16(17)18)7(2)15(13-6)5-4-8-11-12-10(19)14(8)3/h4-5H2,1-3H3,(H,12,19). The number of H-pyrrole nitrogens is 1. The Hall–Kier alpha value is -2.03. The average Bonchev–Trinajstić information content (AvgIpc) is 2.79. The molecule has 8 nitrogen and oxygen atoms in total. The van der Waals surface area contributed by atoms with Gasteiger partial charge in [-0.15, -0.1) is 0 Å². The highest BCUT2D eigenvalue weighted by molar-refractivity contribution is 7.71. The van der Waals surface area contributed by atoms with Crippen molar-refractivity contribution in [2.45, 2.75) is 26.8 Å². The van der Waals surface area contributed by atoms with Gasteiger partial charge in [0, 0.05) is 20.0 Å². The summed E-state index contributed by atoms with van der Waals surface area (Å²) in [4.78, 5) is 10.5. The molecule has 0 bridgehead atoms. The van der Waals surface area contributed by atoms with E-state index in [-0.39, 0.29) is 5.69 Å². The molecule has 0 aliphatic rings. The van der Waals surface area contributed by atoms with Crippen molar-refractivity contribution >= 4 is 17.9 Å². The summed E-state index contributed by atoms with van der Waals surface area (Å²) < 4.78 is 3.95. The first-order valence-electron chi connectivity index (χ1n) is 5.70. The van der Waals surface area contributed by atoms with Crippen molar-refractivity contribution in [1.29, 1.82) is 0 Å². The maximum Gasteiger partial charge on any atom is 0.312 e. The smallest absolute Gasteiger partial charge is 0.307 e. The van der Waals surface area contributed by atoms with E-state index in [4.69, 9.17) is 12.2 Å². The summed E-state index contributed by atoms with van der Waals surface area (Å²) in [6.45, 7) is 3.85. The van der Waals surface area contributed by atoms with E-state index in [0.29, 0.717) is 29.1 Å². The Morgan fingerprint density at radius 3 is 2.63 bits per heavy atom. The van der Waals surface area contributed by atoms with E-state index in [9.17, 15) is 10.1 Å². The van der Waals surface area contributed by atoms with Crippen LogP contribution < -0.4 is 0 Å². The lowest BCUT2D eigenvalue weighted by molar-refractivity contribution is -0.386. The van der Waals surface area contributed by atoms with Crippen LogP contribution in [0.1, 0.15) is 17.2 Å². The molecule has 0 saturated heterocycles. The van der Waals surface area contributed by atoms with Crippen molar-refractivity contribution in [2.75, 3.05) is 0 Å². The van der Waals surface area contributed by atoms with Crippen LogP contribution in [0.3, 0.4) is 0 Å². The molecule has 1 N–H and O–H groups in total. The predicted molar refractivity (Wildman–Crippen MR) is 70.5 cm³/mol. The van der Waals surface area contributed by atoms with Gasteiger partial charge in [0.2, 0.25) is 0 Å². The molecule has 0 radical (unpaired) electrons. The van der Waals surface area contributed by atoms with Gasteiger partial charge in [-0.1, -0.05) is 0 Å². The second-order valence-corrected chi connectivity index (χ2v) is 4.64. The molecular formula is C10H14N6O2S. The fourth-order valence-electron chi connectivity index (χ4n) is 1.98. The van der Waals surface area contributed by atoms with Gasteiger partial charge in [-0.2, -0.15) is 10.2 Å². The Kier molecular flexibility index (Phi) is 3.47.